The maximum Gasteiger partial charge on any atom is 0.339 e. The summed E-state index contributed by atoms with van der Waals surface area (Å²) in [5.41, 5.74) is 6.50. The van der Waals surface area contributed by atoms with Crippen molar-refractivity contribution in [1.82, 2.24) is 5.32 Å². The Balaban J connectivity index is 0.000000180. The third kappa shape index (κ3) is 10.2. The molecule has 0 radical (unpaired) electrons. The number of benzene rings is 2. The first-order valence-corrected chi connectivity index (χ1v) is 16.3. The van der Waals surface area contributed by atoms with E-state index in [-0.39, 0.29) is 5.91 Å². The number of nitrogens with one attached hydrogen (secondary N) is 1. The number of halogens is 3. The molecule has 0 saturated carbocycles. The van der Waals surface area contributed by atoms with Crippen LogP contribution in [0.15, 0.2) is 93.1 Å². The Bertz CT molecular complexity index is 1370. The van der Waals surface area contributed by atoms with Gasteiger partial charge in [0.1, 0.15) is 11.5 Å². The molecule has 6 nitrogen and oxygen atoms in total. The molecule has 0 atom stereocenters. The van der Waals surface area contributed by atoms with Gasteiger partial charge in [-0.25, -0.2) is 0 Å². The van der Waals surface area contributed by atoms with Gasteiger partial charge in [-0.3, -0.25) is 14.4 Å². The lowest BCUT2D eigenvalue weighted by Crippen LogP contribution is -2.25. The molecule has 200 valence electrons. The summed E-state index contributed by atoms with van der Waals surface area (Å²) in [7, 11) is 0. The first-order valence-electron chi connectivity index (χ1n) is 11.8. The number of nitrogens with zero attached hydrogens (tertiary/aromatic N) is 1. The van der Waals surface area contributed by atoms with Crippen molar-refractivity contribution in [1.29, 1.82) is 0 Å². The van der Waals surface area contributed by atoms with Crippen LogP contribution >= 0.6 is 38.9 Å². The molecule has 3 heterocycles. The minimum atomic E-state index is -3.22. The summed E-state index contributed by atoms with van der Waals surface area (Å²) in [6.45, 7) is 5.50. The lowest BCUT2D eigenvalue weighted by atomic mass is 9.98. The molecule has 5 rings (SSSR count). The quantitative estimate of drug-likeness (QED) is 0.236. The number of furan rings is 2. The van der Waals surface area contributed by atoms with Crippen LogP contribution in [0.5, 0.6) is 0 Å². The summed E-state index contributed by atoms with van der Waals surface area (Å²) in [5, 5.41) is -0.364. The lowest BCUT2D eigenvalue weighted by Gasteiger charge is -2.12. The highest BCUT2D eigenvalue weighted by atomic mass is 36.0. The first kappa shape index (κ1) is 29.8. The molecular weight excluding hydrogens is 566 g/mol. The number of carbonyl (C=O) groups is 1. The Labute approximate surface area is 236 Å². The summed E-state index contributed by atoms with van der Waals surface area (Å²) < 4.78 is 20.1. The van der Waals surface area contributed by atoms with Gasteiger partial charge in [-0.15, -0.1) is 0 Å². The zero-order valence-corrected chi connectivity index (χ0v) is 24.2. The van der Waals surface area contributed by atoms with E-state index in [9.17, 15) is 9.36 Å². The molecule has 0 aliphatic carbocycles. The Kier molecular flexibility index (Phi) is 11.3. The minimum Gasteiger partial charge on any atom is -0.469 e. The van der Waals surface area contributed by atoms with E-state index in [4.69, 9.17) is 8.83 Å². The number of hydrogen-bond acceptors (Lipinski definition) is 5. The molecule has 1 N–H and O–H groups in total. The van der Waals surface area contributed by atoms with E-state index in [1.807, 2.05) is 49.4 Å². The number of aliphatic imine (C=N–C) groups is 1. The number of rotatable bonds is 5. The molecule has 0 unspecified atom stereocenters. The van der Waals surface area contributed by atoms with Crippen molar-refractivity contribution in [2.45, 2.75) is 26.7 Å². The molecule has 0 saturated heterocycles. The van der Waals surface area contributed by atoms with Crippen molar-refractivity contribution in [2.24, 2.45) is 4.99 Å². The summed E-state index contributed by atoms with van der Waals surface area (Å²) in [6, 6.07) is 21.8. The zero-order valence-electron chi connectivity index (χ0n) is 21.0. The largest absolute Gasteiger partial charge is 0.469 e. The van der Waals surface area contributed by atoms with E-state index in [1.54, 1.807) is 12.5 Å². The van der Waals surface area contributed by atoms with E-state index in [0.717, 1.165) is 41.3 Å². The maximum atomic E-state index is 11.7. The molecule has 1 aliphatic heterocycles. The SMILES string of the molecule is Cc1ccc(C(=O)NCCc2ccco2)cc1.Cc1ccc(C2=NCCc3occc32)cc1.O=P(Cl)(Cl)Cl. The number of carbonyl (C=O) groups excluding carboxylic acids is 1. The standard InChI is InChI=1S/C14H15NO2.C14H13NO.Cl3OP/c1-11-4-6-12(7-5-11)14(16)15-9-8-13-3-2-10-17-13;1-10-2-4-11(5-3-10)14-12-7-9-16-13(12)6-8-15-14;1-5(2,3)4/h2-7,10H,8-9H2,1H3,(H,15,16);2-5,7,9H,6,8H2,1H3;. The van der Waals surface area contributed by atoms with Gasteiger partial charge in [-0.1, -0.05) is 47.5 Å². The fraction of sp³-hybridized carbons (Fsp3) is 0.214. The fourth-order valence-electron chi connectivity index (χ4n) is 3.62. The number of aryl methyl sites for hydroxylation is 2. The molecule has 2 aromatic carbocycles. The predicted molar refractivity (Wildman–Crippen MR) is 155 cm³/mol. The van der Waals surface area contributed by atoms with Gasteiger partial charge in [0.25, 0.3) is 5.91 Å². The van der Waals surface area contributed by atoms with E-state index >= 15 is 0 Å². The van der Waals surface area contributed by atoms with Crippen LogP contribution < -0.4 is 5.32 Å². The average Bonchev–Trinajstić information content (AvgIpc) is 3.56. The zero-order chi connectivity index (χ0) is 27.5. The highest BCUT2D eigenvalue weighted by molar-refractivity contribution is 8.24. The van der Waals surface area contributed by atoms with Crippen molar-refractivity contribution in [3.63, 3.8) is 0 Å². The van der Waals surface area contributed by atoms with E-state index in [0.29, 0.717) is 18.5 Å². The lowest BCUT2D eigenvalue weighted by molar-refractivity contribution is 0.0953. The Morgan fingerprint density at radius 1 is 0.921 bits per heavy atom. The van der Waals surface area contributed by atoms with Crippen molar-refractivity contribution < 1.29 is 18.2 Å². The highest BCUT2D eigenvalue weighted by Crippen LogP contribution is 2.61. The van der Waals surface area contributed by atoms with Crippen LogP contribution in [0.2, 0.25) is 0 Å². The molecule has 4 aromatic rings. The van der Waals surface area contributed by atoms with E-state index < -0.39 is 5.20 Å². The Morgan fingerprint density at radius 2 is 1.55 bits per heavy atom. The van der Waals surface area contributed by atoms with Gasteiger partial charge in [0.2, 0.25) is 0 Å². The third-order valence-corrected chi connectivity index (χ3v) is 5.49. The highest BCUT2D eigenvalue weighted by Gasteiger charge is 2.17. The summed E-state index contributed by atoms with van der Waals surface area (Å²) in [6.07, 6.45) is 5.01. The Hall–Kier alpha value is -2.76. The van der Waals surface area contributed by atoms with Crippen LogP contribution in [-0.4, -0.2) is 24.7 Å². The summed E-state index contributed by atoms with van der Waals surface area (Å²) in [5.74, 6) is 1.90. The minimum absolute atomic E-state index is 0.0449. The monoisotopic (exact) mass is 592 g/mol. The van der Waals surface area contributed by atoms with Crippen LogP contribution in [0.1, 0.15) is 44.1 Å². The van der Waals surface area contributed by atoms with Gasteiger partial charge in [0.15, 0.2) is 0 Å². The second-order valence-electron chi connectivity index (χ2n) is 8.45. The van der Waals surface area contributed by atoms with Gasteiger partial charge in [0, 0.05) is 42.6 Å². The Morgan fingerprint density at radius 3 is 2.16 bits per heavy atom. The van der Waals surface area contributed by atoms with Crippen molar-refractivity contribution in [3.8, 4) is 0 Å². The van der Waals surface area contributed by atoms with Crippen LogP contribution in [0.25, 0.3) is 0 Å². The van der Waals surface area contributed by atoms with E-state index in [1.165, 1.54) is 11.1 Å². The van der Waals surface area contributed by atoms with Crippen LogP contribution in [0.4, 0.5) is 0 Å². The number of fused-ring (bicyclic) bond motifs is 1. The number of hydrogen-bond donors (Lipinski definition) is 1. The first-order chi connectivity index (χ1) is 18.1. The van der Waals surface area contributed by atoms with Gasteiger partial charge in [0.05, 0.1) is 18.2 Å². The van der Waals surface area contributed by atoms with Crippen LogP contribution in [0.3, 0.4) is 0 Å². The van der Waals surface area contributed by atoms with Gasteiger partial charge < -0.3 is 14.2 Å². The molecule has 1 amide bonds. The fourth-order valence-corrected chi connectivity index (χ4v) is 3.62. The molecular formula is C28H28Cl3N2O4P. The van der Waals surface area contributed by atoms with Gasteiger partial charge in [-0.2, -0.15) is 0 Å². The molecule has 0 spiro atoms. The summed E-state index contributed by atoms with van der Waals surface area (Å²) >= 11 is 13.8. The van der Waals surface area contributed by atoms with Gasteiger partial charge in [-0.05, 0) is 77.9 Å². The van der Waals surface area contributed by atoms with E-state index in [2.05, 4.69) is 75.2 Å². The van der Waals surface area contributed by atoms with Crippen molar-refractivity contribution >= 4 is 50.5 Å². The normalized spacial score (nSPS) is 12.2. The van der Waals surface area contributed by atoms with Gasteiger partial charge >= 0.3 is 5.20 Å². The molecule has 0 fully saturated rings. The number of amides is 1. The predicted octanol–water partition coefficient (Wildman–Crippen LogP) is 8.35. The average molecular weight is 594 g/mol. The van der Waals surface area contributed by atoms with Crippen molar-refractivity contribution in [2.75, 3.05) is 13.1 Å². The maximum absolute atomic E-state index is 11.7. The van der Waals surface area contributed by atoms with Crippen LogP contribution in [-0.2, 0) is 17.4 Å². The second-order valence-corrected chi connectivity index (χ2v) is 15.1. The molecule has 10 heteroatoms. The summed E-state index contributed by atoms with van der Waals surface area (Å²) in [4.78, 5) is 16.3. The topological polar surface area (TPSA) is 84.8 Å². The second kappa shape index (κ2) is 14.4. The van der Waals surface area contributed by atoms with Crippen LogP contribution in [0, 0.1) is 13.8 Å². The third-order valence-electron chi connectivity index (χ3n) is 5.49. The molecule has 0 bridgehead atoms. The molecule has 38 heavy (non-hydrogen) atoms. The molecule has 1 aliphatic rings. The smallest absolute Gasteiger partial charge is 0.339 e. The molecule has 2 aromatic heterocycles. The van der Waals surface area contributed by atoms with Crippen molar-refractivity contribution in [3.05, 3.63) is 119 Å².